The quantitative estimate of drug-likeness (QED) is 0.514. The highest BCUT2D eigenvalue weighted by Crippen LogP contribution is 2.06. The lowest BCUT2D eigenvalue weighted by Crippen LogP contribution is -2.02. The van der Waals surface area contributed by atoms with Crippen LogP contribution in [-0.2, 0) is 6.42 Å². The molecule has 0 radical (unpaired) electrons. The van der Waals surface area contributed by atoms with Crippen LogP contribution in [0.3, 0.4) is 0 Å². The monoisotopic (exact) mass is 133 g/mol. The molecule has 2 rings (SSSR count). The molecule has 0 amide bonds. The van der Waals surface area contributed by atoms with Gasteiger partial charge in [0.15, 0.2) is 5.43 Å². The first-order valence-electron chi connectivity index (χ1n) is 3.24. The molecule has 50 valence electrons. The Balaban J connectivity index is 2.69. The normalized spacial score (nSPS) is 13.6. The van der Waals surface area contributed by atoms with Crippen LogP contribution >= 0.6 is 0 Å². The summed E-state index contributed by atoms with van der Waals surface area (Å²) in [4.78, 5) is 10.8. The second kappa shape index (κ2) is 1.84. The van der Waals surface area contributed by atoms with Crippen LogP contribution in [0.5, 0.6) is 0 Å². The van der Waals surface area contributed by atoms with E-state index in [2.05, 4.69) is 0 Å². The van der Waals surface area contributed by atoms with Gasteiger partial charge in [-0.05, 0) is 0 Å². The van der Waals surface area contributed by atoms with Crippen LogP contribution in [-0.4, -0.2) is 4.57 Å². The number of hydrogen-bond acceptors (Lipinski definition) is 1. The second-order valence-electron chi connectivity index (χ2n) is 2.35. The molecule has 0 bridgehead atoms. The van der Waals surface area contributed by atoms with Gasteiger partial charge in [0.25, 0.3) is 0 Å². The molecule has 0 fully saturated rings. The van der Waals surface area contributed by atoms with Crippen molar-refractivity contribution in [3.05, 3.63) is 40.3 Å². The molecule has 0 aromatic carbocycles. The van der Waals surface area contributed by atoms with Gasteiger partial charge in [0, 0.05) is 36.6 Å². The number of fused-ring (bicyclic) bond motifs is 1. The van der Waals surface area contributed by atoms with Crippen molar-refractivity contribution in [3.63, 3.8) is 0 Å². The van der Waals surface area contributed by atoms with Gasteiger partial charge in [-0.2, -0.15) is 0 Å². The zero-order chi connectivity index (χ0) is 6.97. The van der Waals surface area contributed by atoms with E-state index in [9.17, 15) is 4.79 Å². The minimum atomic E-state index is 0.0925. The van der Waals surface area contributed by atoms with E-state index in [-0.39, 0.29) is 5.43 Å². The van der Waals surface area contributed by atoms with Crippen molar-refractivity contribution >= 4 is 6.20 Å². The van der Waals surface area contributed by atoms with Crippen molar-refractivity contribution in [1.82, 2.24) is 4.57 Å². The average Bonchev–Trinajstić information content (AvgIpc) is 2.33. The molecule has 0 unspecified atom stereocenters. The van der Waals surface area contributed by atoms with E-state index >= 15 is 0 Å². The van der Waals surface area contributed by atoms with Crippen LogP contribution in [0.25, 0.3) is 6.20 Å². The van der Waals surface area contributed by atoms with Gasteiger partial charge in [-0.15, -0.1) is 0 Å². The maximum atomic E-state index is 10.8. The molecule has 1 aromatic rings. The molecule has 0 aliphatic carbocycles. The van der Waals surface area contributed by atoms with Gasteiger partial charge in [0.2, 0.25) is 0 Å². The minimum Gasteiger partial charge on any atom is -0.327 e. The molecule has 1 aliphatic heterocycles. The highest BCUT2D eigenvalue weighted by atomic mass is 16.1. The van der Waals surface area contributed by atoms with Gasteiger partial charge < -0.3 is 4.57 Å². The van der Waals surface area contributed by atoms with Crippen molar-refractivity contribution in [2.24, 2.45) is 0 Å². The lowest BCUT2D eigenvalue weighted by atomic mass is 10.3. The molecule has 0 saturated carbocycles. The lowest BCUT2D eigenvalue weighted by molar-refractivity contribution is 1.03. The van der Waals surface area contributed by atoms with Crippen molar-refractivity contribution < 1.29 is 0 Å². The van der Waals surface area contributed by atoms with Crippen LogP contribution in [0.1, 0.15) is 5.69 Å². The third-order valence-electron chi connectivity index (χ3n) is 1.63. The Morgan fingerprint density at radius 1 is 1.50 bits per heavy atom. The molecular weight excluding hydrogens is 126 g/mol. The van der Waals surface area contributed by atoms with Gasteiger partial charge in [-0.25, -0.2) is 0 Å². The predicted molar refractivity (Wildman–Crippen MR) is 39.7 cm³/mol. The fourth-order valence-electron chi connectivity index (χ4n) is 1.13. The van der Waals surface area contributed by atoms with Crippen LogP contribution < -0.4 is 5.43 Å². The summed E-state index contributed by atoms with van der Waals surface area (Å²) in [6.45, 7) is 0. The van der Waals surface area contributed by atoms with Gasteiger partial charge >= 0.3 is 0 Å². The average molecular weight is 133 g/mol. The largest absolute Gasteiger partial charge is 0.327 e. The van der Waals surface area contributed by atoms with Crippen molar-refractivity contribution in [3.8, 4) is 0 Å². The SMILES string of the molecule is O=c1ccn2c(c1)CC=C2. The Kier molecular flexibility index (Phi) is 1.01. The summed E-state index contributed by atoms with van der Waals surface area (Å²) in [6, 6.07) is 3.24. The van der Waals surface area contributed by atoms with Crippen LogP contribution in [0, 0.1) is 0 Å². The van der Waals surface area contributed by atoms with E-state index in [4.69, 9.17) is 0 Å². The summed E-state index contributed by atoms with van der Waals surface area (Å²) < 4.78 is 1.96. The van der Waals surface area contributed by atoms with E-state index in [1.807, 2.05) is 16.8 Å². The van der Waals surface area contributed by atoms with Crippen molar-refractivity contribution in [1.29, 1.82) is 0 Å². The highest BCUT2D eigenvalue weighted by Gasteiger charge is 2.00. The molecule has 0 atom stereocenters. The van der Waals surface area contributed by atoms with Gasteiger partial charge in [-0.3, -0.25) is 4.79 Å². The molecule has 1 aromatic heterocycles. The maximum Gasteiger partial charge on any atom is 0.181 e. The molecule has 2 heterocycles. The number of aromatic nitrogens is 1. The van der Waals surface area contributed by atoms with E-state index in [1.165, 1.54) is 0 Å². The first-order chi connectivity index (χ1) is 4.86. The predicted octanol–water partition coefficient (Wildman–Crippen LogP) is 0.875. The fourth-order valence-corrected chi connectivity index (χ4v) is 1.13. The zero-order valence-corrected chi connectivity index (χ0v) is 5.45. The third kappa shape index (κ3) is 0.692. The van der Waals surface area contributed by atoms with Gasteiger partial charge in [-0.1, -0.05) is 6.08 Å². The van der Waals surface area contributed by atoms with E-state index < -0.39 is 0 Å². The number of hydrogen-bond donors (Lipinski definition) is 0. The van der Waals surface area contributed by atoms with Crippen molar-refractivity contribution in [2.75, 3.05) is 0 Å². The molecule has 1 aliphatic rings. The molecular formula is C8H7NO. The Bertz CT molecular complexity index is 335. The summed E-state index contributed by atoms with van der Waals surface area (Å²) in [6.07, 6.45) is 6.68. The topological polar surface area (TPSA) is 22.0 Å². The summed E-state index contributed by atoms with van der Waals surface area (Å²) in [7, 11) is 0. The third-order valence-corrected chi connectivity index (χ3v) is 1.63. The number of allylic oxidation sites excluding steroid dienone is 1. The van der Waals surface area contributed by atoms with Crippen LogP contribution in [0.15, 0.2) is 29.2 Å². The number of nitrogens with zero attached hydrogens (tertiary/aromatic N) is 1. The smallest absolute Gasteiger partial charge is 0.181 e. The molecule has 0 N–H and O–H groups in total. The molecule has 2 heteroatoms. The Morgan fingerprint density at radius 2 is 2.40 bits per heavy atom. The minimum absolute atomic E-state index is 0.0925. The molecule has 0 spiro atoms. The highest BCUT2D eigenvalue weighted by molar-refractivity contribution is 5.35. The molecule has 10 heavy (non-hydrogen) atoms. The summed E-state index contributed by atoms with van der Waals surface area (Å²) in [5.74, 6) is 0. The Labute approximate surface area is 58.4 Å². The molecule has 2 nitrogen and oxygen atoms in total. The number of pyridine rings is 1. The van der Waals surface area contributed by atoms with Crippen molar-refractivity contribution in [2.45, 2.75) is 6.42 Å². The van der Waals surface area contributed by atoms with E-state index in [0.717, 1.165) is 12.1 Å². The zero-order valence-electron chi connectivity index (χ0n) is 5.45. The summed E-state index contributed by atoms with van der Waals surface area (Å²) in [5.41, 5.74) is 1.17. The Morgan fingerprint density at radius 3 is 3.30 bits per heavy atom. The van der Waals surface area contributed by atoms with E-state index in [0.29, 0.717) is 0 Å². The second-order valence-corrected chi connectivity index (χ2v) is 2.35. The Hall–Kier alpha value is -1.31. The fraction of sp³-hybridized carbons (Fsp3) is 0.125. The maximum absolute atomic E-state index is 10.8. The van der Waals surface area contributed by atoms with Crippen LogP contribution in [0.4, 0.5) is 0 Å². The summed E-state index contributed by atoms with van der Waals surface area (Å²) >= 11 is 0. The summed E-state index contributed by atoms with van der Waals surface area (Å²) in [5, 5.41) is 0. The standard InChI is InChI=1S/C8H7NO/c10-8-3-5-9-4-1-2-7(9)6-8/h1,3-6H,2H2. The first kappa shape index (κ1) is 5.47. The lowest BCUT2D eigenvalue weighted by Gasteiger charge is -1.97. The number of rotatable bonds is 0. The molecule has 0 saturated heterocycles. The van der Waals surface area contributed by atoms with E-state index in [1.54, 1.807) is 18.3 Å². The van der Waals surface area contributed by atoms with Gasteiger partial charge in [0.1, 0.15) is 0 Å². The van der Waals surface area contributed by atoms with Crippen LogP contribution in [0.2, 0.25) is 0 Å². The van der Waals surface area contributed by atoms with Gasteiger partial charge in [0.05, 0.1) is 0 Å². The first-order valence-corrected chi connectivity index (χ1v) is 3.24.